The number of carbonyl (C=O) groups is 1. The summed E-state index contributed by atoms with van der Waals surface area (Å²) in [6, 6.07) is 8.54. The van der Waals surface area contributed by atoms with Crippen molar-refractivity contribution in [3.05, 3.63) is 62.4 Å². The molecule has 1 saturated heterocycles. The van der Waals surface area contributed by atoms with Gasteiger partial charge in [0.15, 0.2) is 0 Å². The molecular weight excluding hydrogens is 368 g/mol. The van der Waals surface area contributed by atoms with Crippen molar-refractivity contribution in [2.75, 3.05) is 12.4 Å². The third-order valence-electron chi connectivity index (χ3n) is 4.53. The van der Waals surface area contributed by atoms with Gasteiger partial charge in [-0.3, -0.25) is 13.9 Å². The third kappa shape index (κ3) is 4.51. The van der Waals surface area contributed by atoms with Crippen LogP contribution >= 0.6 is 11.8 Å². The van der Waals surface area contributed by atoms with Gasteiger partial charge < -0.3 is 9.47 Å². The molecule has 2 aromatic rings. The number of rotatable bonds is 6. The van der Waals surface area contributed by atoms with Gasteiger partial charge >= 0.3 is 11.7 Å². The molecule has 27 heavy (non-hydrogen) atoms. The molecule has 0 amide bonds. The number of esters is 1. The Morgan fingerprint density at radius 3 is 2.78 bits per heavy atom. The van der Waals surface area contributed by atoms with E-state index in [1.54, 1.807) is 23.9 Å². The summed E-state index contributed by atoms with van der Waals surface area (Å²) in [7, 11) is 2.94. The van der Waals surface area contributed by atoms with Crippen LogP contribution in [0, 0.1) is 0 Å². The predicted molar refractivity (Wildman–Crippen MR) is 102 cm³/mol. The normalized spacial score (nSPS) is 16.4. The lowest BCUT2D eigenvalue weighted by atomic mass is 10.2. The molecule has 2 heterocycles. The molecule has 144 valence electrons. The Bertz CT molecular complexity index is 944. The summed E-state index contributed by atoms with van der Waals surface area (Å²) in [6.45, 7) is 0.648. The molecular formula is C19H22N2O5S. The summed E-state index contributed by atoms with van der Waals surface area (Å²) in [4.78, 5) is 37.1. The van der Waals surface area contributed by atoms with E-state index in [1.807, 2.05) is 12.1 Å². The van der Waals surface area contributed by atoms with Crippen LogP contribution in [0.15, 0.2) is 44.8 Å². The second-order valence-corrected chi connectivity index (χ2v) is 7.45. The quantitative estimate of drug-likeness (QED) is 0.552. The minimum atomic E-state index is -0.487. The highest BCUT2D eigenvalue weighted by molar-refractivity contribution is 7.99. The molecule has 0 spiro atoms. The maximum atomic E-state index is 12.5. The van der Waals surface area contributed by atoms with Crippen LogP contribution in [0.2, 0.25) is 0 Å². The number of benzene rings is 1. The van der Waals surface area contributed by atoms with Gasteiger partial charge in [0.1, 0.15) is 6.61 Å². The zero-order valence-corrected chi connectivity index (χ0v) is 16.2. The Labute approximate surface area is 160 Å². The molecule has 7 nitrogen and oxygen atoms in total. The first-order valence-electron chi connectivity index (χ1n) is 8.74. The Kier molecular flexibility index (Phi) is 6.18. The molecule has 1 aliphatic rings. The van der Waals surface area contributed by atoms with E-state index >= 15 is 0 Å². The van der Waals surface area contributed by atoms with Crippen LogP contribution < -0.4 is 11.2 Å². The van der Waals surface area contributed by atoms with Crippen molar-refractivity contribution >= 4 is 17.7 Å². The summed E-state index contributed by atoms with van der Waals surface area (Å²) in [5.41, 5.74) is -0.0759. The van der Waals surface area contributed by atoms with Crippen LogP contribution in [0.4, 0.5) is 0 Å². The molecule has 1 aliphatic heterocycles. The van der Waals surface area contributed by atoms with E-state index in [2.05, 4.69) is 0 Å². The SMILES string of the molecule is Cn1c(COC(=O)c2ccccc2SC[C@@H]2CCCO2)cc(=O)n(C)c1=O. The topological polar surface area (TPSA) is 79.5 Å². The molecule has 0 unspecified atom stereocenters. The van der Waals surface area contributed by atoms with Crippen molar-refractivity contribution in [2.24, 2.45) is 14.1 Å². The van der Waals surface area contributed by atoms with Gasteiger partial charge in [0.2, 0.25) is 0 Å². The fourth-order valence-corrected chi connectivity index (χ4v) is 3.96. The van der Waals surface area contributed by atoms with Crippen molar-refractivity contribution in [2.45, 2.75) is 30.4 Å². The number of thioether (sulfide) groups is 1. The number of nitrogens with zero attached hydrogens (tertiary/aromatic N) is 2. The largest absolute Gasteiger partial charge is 0.456 e. The van der Waals surface area contributed by atoms with E-state index in [-0.39, 0.29) is 12.7 Å². The number of hydrogen-bond donors (Lipinski definition) is 0. The summed E-state index contributed by atoms with van der Waals surface area (Å²) in [5, 5.41) is 0. The predicted octanol–water partition coefficient (Wildman–Crippen LogP) is 1.71. The van der Waals surface area contributed by atoms with Crippen molar-refractivity contribution in [1.82, 2.24) is 9.13 Å². The van der Waals surface area contributed by atoms with Crippen LogP contribution in [0.1, 0.15) is 28.9 Å². The van der Waals surface area contributed by atoms with E-state index in [4.69, 9.17) is 9.47 Å². The van der Waals surface area contributed by atoms with Crippen molar-refractivity contribution < 1.29 is 14.3 Å². The second kappa shape index (κ2) is 8.58. The molecule has 1 aromatic carbocycles. The van der Waals surface area contributed by atoms with E-state index in [0.717, 1.165) is 34.7 Å². The summed E-state index contributed by atoms with van der Waals surface area (Å²) in [6.07, 6.45) is 2.33. The Hall–Kier alpha value is -2.32. The molecule has 1 fully saturated rings. The van der Waals surface area contributed by atoms with Crippen molar-refractivity contribution in [1.29, 1.82) is 0 Å². The molecule has 1 atom stereocenters. The standard InChI is InChI=1S/C19H22N2O5S/c1-20-13(10-17(22)21(2)19(20)24)11-26-18(23)15-7-3-4-8-16(15)27-12-14-6-5-9-25-14/h3-4,7-8,10,14H,5-6,9,11-12H2,1-2H3/t14-/m0/s1. The maximum absolute atomic E-state index is 12.5. The minimum absolute atomic E-state index is 0.147. The highest BCUT2D eigenvalue weighted by Gasteiger charge is 2.19. The van der Waals surface area contributed by atoms with Gasteiger partial charge in [0.05, 0.1) is 17.4 Å². The lowest BCUT2D eigenvalue weighted by Crippen LogP contribution is -2.38. The van der Waals surface area contributed by atoms with Crippen molar-refractivity contribution in [3.8, 4) is 0 Å². The van der Waals surface area contributed by atoms with Gasteiger partial charge in [-0.15, -0.1) is 11.8 Å². The molecule has 0 radical (unpaired) electrons. The van der Waals surface area contributed by atoms with E-state index < -0.39 is 17.2 Å². The van der Waals surface area contributed by atoms with Crippen LogP contribution in [-0.2, 0) is 30.2 Å². The average molecular weight is 390 g/mol. The van der Waals surface area contributed by atoms with Gasteiger partial charge in [-0.25, -0.2) is 9.59 Å². The Morgan fingerprint density at radius 2 is 2.04 bits per heavy atom. The number of hydrogen-bond acceptors (Lipinski definition) is 6. The fraction of sp³-hybridized carbons (Fsp3) is 0.421. The monoisotopic (exact) mass is 390 g/mol. The van der Waals surface area contributed by atoms with Gasteiger partial charge in [-0.05, 0) is 25.0 Å². The first-order valence-corrected chi connectivity index (χ1v) is 9.72. The molecule has 8 heteroatoms. The van der Waals surface area contributed by atoms with Crippen molar-refractivity contribution in [3.63, 3.8) is 0 Å². The highest BCUT2D eigenvalue weighted by Crippen LogP contribution is 2.27. The zero-order chi connectivity index (χ0) is 19.4. The van der Waals surface area contributed by atoms with Gasteiger partial charge in [-0.1, -0.05) is 12.1 Å². The van der Waals surface area contributed by atoms with Crippen LogP contribution in [0.5, 0.6) is 0 Å². The summed E-state index contributed by atoms with van der Waals surface area (Å²) in [5.74, 6) is 0.298. The molecule has 1 aromatic heterocycles. The van der Waals surface area contributed by atoms with Crippen LogP contribution in [0.3, 0.4) is 0 Å². The molecule has 0 aliphatic carbocycles. The minimum Gasteiger partial charge on any atom is -0.456 e. The summed E-state index contributed by atoms with van der Waals surface area (Å²) < 4.78 is 13.3. The van der Waals surface area contributed by atoms with Gasteiger partial charge in [0.25, 0.3) is 5.56 Å². The smallest absolute Gasteiger partial charge is 0.339 e. The van der Waals surface area contributed by atoms with Crippen LogP contribution in [0.25, 0.3) is 0 Å². The number of aromatic nitrogens is 2. The third-order valence-corrected chi connectivity index (χ3v) is 5.74. The molecule has 0 bridgehead atoms. The van der Waals surface area contributed by atoms with Crippen LogP contribution in [-0.4, -0.2) is 33.6 Å². The number of carbonyl (C=O) groups excluding carboxylic acids is 1. The van der Waals surface area contributed by atoms with E-state index in [1.165, 1.54) is 24.7 Å². The highest BCUT2D eigenvalue weighted by atomic mass is 32.2. The molecule has 0 N–H and O–H groups in total. The zero-order valence-electron chi connectivity index (χ0n) is 15.3. The van der Waals surface area contributed by atoms with Gasteiger partial charge in [0, 0.05) is 37.4 Å². The fourth-order valence-electron chi connectivity index (χ4n) is 2.85. The van der Waals surface area contributed by atoms with E-state index in [9.17, 15) is 14.4 Å². The first kappa shape index (κ1) is 19.4. The average Bonchev–Trinajstić information content (AvgIpc) is 3.20. The lowest BCUT2D eigenvalue weighted by Gasteiger charge is -2.13. The van der Waals surface area contributed by atoms with Gasteiger partial charge in [-0.2, -0.15) is 0 Å². The lowest BCUT2D eigenvalue weighted by molar-refractivity contribution is 0.0458. The summed E-state index contributed by atoms with van der Waals surface area (Å²) >= 11 is 1.57. The van der Waals surface area contributed by atoms with E-state index in [0.29, 0.717) is 11.3 Å². The Morgan fingerprint density at radius 1 is 1.26 bits per heavy atom. The molecule has 0 saturated carbocycles. The molecule has 3 rings (SSSR count). The Balaban J connectivity index is 1.70. The second-order valence-electron chi connectivity index (χ2n) is 6.39. The first-order chi connectivity index (χ1) is 13.0. The number of ether oxygens (including phenoxy) is 2. The maximum Gasteiger partial charge on any atom is 0.339 e.